The predicted molar refractivity (Wildman–Crippen MR) is 130 cm³/mol. The molecule has 0 amide bonds. The summed E-state index contributed by atoms with van der Waals surface area (Å²) in [5.74, 6) is 0.993. The van der Waals surface area contributed by atoms with Crippen molar-refractivity contribution in [2.24, 2.45) is 0 Å². The molecule has 3 aromatic carbocycles. The van der Waals surface area contributed by atoms with E-state index in [-0.39, 0.29) is 5.54 Å². The zero-order valence-corrected chi connectivity index (χ0v) is 19.0. The van der Waals surface area contributed by atoms with Crippen molar-refractivity contribution in [1.82, 2.24) is 4.98 Å². The second-order valence-corrected chi connectivity index (χ2v) is 9.67. The summed E-state index contributed by atoms with van der Waals surface area (Å²) in [4.78, 5) is 7.50. The number of hydrogen-bond acceptors (Lipinski definition) is 3. The fourth-order valence-electron chi connectivity index (χ4n) is 4.25. The Morgan fingerprint density at radius 1 is 0.900 bits per heavy atom. The number of hydrogen-bond donors (Lipinski definition) is 1. The Kier molecular flexibility index (Phi) is 4.55. The highest BCUT2D eigenvalue weighted by molar-refractivity contribution is 9.10. The van der Waals surface area contributed by atoms with E-state index in [2.05, 4.69) is 120 Å². The first kappa shape index (κ1) is 19.1. The van der Waals surface area contributed by atoms with Crippen LogP contribution < -0.4 is 10.2 Å². The summed E-state index contributed by atoms with van der Waals surface area (Å²) >= 11 is 3.55. The molecule has 0 radical (unpaired) electrons. The molecule has 1 aliphatic heterocycles. The van der Waals surface area contributed by atoms with Gasteiger partial charge in [0.25, 0.3) is 0 Å². The second kappa shape index (κ2) is 7.13. The van der Waals surface area contributed by atoms with Crippen LogP contribution in [0.2, 0.25) is 0 Å². The van der Waals surface area contributed by atoms with Crippen LogP contribution in [-0.4, -0.2) is 10.5 Å². The number of nitrogens with zero attached hydrogens (tertiary/aromatic N) is 2. The molecule has 150 valence electrons. The highest BCUT2D eigenvalue weighted by Crippen LogP contribution is 2.49. The van der Waals surface area contributed by atoms with Gasteiger partial charge in [-0.3, -0.25) is 0 Å². The predicted octanol–water partition coefficient (Wildman–Crippen LogP) is 7.58. The fourth-order valence-corrected chi connectivity index (χ4v) is 4.52. The molecule has 0 spiro atoms. The molecule has 0 saturated heterocycles. The average Bonchev–Trinajstić information content (AvgIpc) is 2.72. The van der Waals surface area contributed by atoms with E-state index in [4.69, 9.17) is 4.98 Å². The van der Waals surface area contributed by atoms with Gasteiger partial charge in [0.1, 0.15) is 0 Å². The van der Waals surface area contributed by atoms with Crippen molar-refractivity contribution in [2.75, 3.05) is 10.2 Å². The maximum atomic E-state index is 5.13. The number of anilines is 4. The summed E-state index contributed by atoms with van der Waals surface area (Å²) in [6.45, 7) is 6.72. The summed E-state index contributed by atoms with van der Waals surface area (Å²) in [5.41, 5.74) is 6.85. The maximum Gasteiger partial charge on any atom is 0.158 e. The number of para-hydroxylation sites is 3. The molecule has 30 heavy (non-hydrogen) atoms. The van der Waals surface area contributed by atoms with E-state index in [0.717, 1.165) is 39.3 Å². The lowest BCUT2D eigenvalue weighted by molar-refractivity contribution is 0.555. The van der Waals surface area contributed by atoms with Gasteiger partial charge in [-0.1, -0.05) is 58.4 Å². The maximum absolute atomic E-state index is 5.13. The first-order valence-corrected chi connectivity index (χ1v) is 11.0. The van der Waals surface area contributed by atoms with E-state index in [1.54, 1.807) is 0 Å². The van der Waals surface area contributed by atoms with Gasteiger partial charge in [-0.2, -0.15) is 0 Å². The standard InChI is InChI=1S/C26H24BrN3/c1-26(2,3)30-23-11-7-6-10-22(23)28-24-20(16-17-12-14-18(27)15-13-17)19-8-4-5-9-21(19)29-25(24)30/h4-15,28H,16H2,1-3H3. The molecule has 2 heterocycles. The summed E-state index contributed by atoms with van der Waals surface area (Å²) < 4.78 is 1.10. The van der Waals surface area contributed by atoms with E-state index >= 15 is 0 Å². The lowest BCUT2D eigenvalue weighted by Crippen LogP contribution is -2.40. The largest absolute Gasteiger partial charge is 0.351 e. The molecule has 3 nitrogen and oxygen atoms in total. The van der Waals surface area contributed by atoms with Crippen molar-refractivity contribution < 1.29 is 0 Å². The van der Waals surface area contributed by atoms with Gasteiger partial charge in [-0.25, -0.2) is 4.98 Å². The lowest BCUT2D eigenvalue weighted by atomic mass is 9.95. The molecule has 0 aliphatic carbocycles. The summed E-state index contributed by atoms with van der Waals surface area (Å²) in [6.07, 6.45) is 0.839. The molecular weight excluding hydrogens is 434 g/mol. The van der Waals surface area contributed by atoms with Gasteiger partial charge in [0.15, 0.2) is 5.82 Å². The number of fused-ring (bicyclic) bond motifs is 3. The Bertz CT molecular complexity index is 1240. The minimum atomic E-state index is -0.114. The zero-order valence-electron chi connectivity index (χ0n) is 17.4. The van der Waals surface area contributed by atoms with Crippen molar-refractivity contribution in [2.45, 2.75) is 32.7 Å². The topological polar surface area (TPSA) is 28.2 Å². The number of nitrogens with one attached hydrogen (secondary N) is 1. The van der Waals surface area contributed by atoms with Crippen LogP contribution in [-0.2, 0) is 6.42 Å². The minimum absolute atomic E-state index is 0.114. The Morgan fingerprint density at radius 3 is 2.37 bits per heavy atom. The smallest absolute Gasteiger partial charge is 0.158 e. The molecule has 4 aromatic rings. The molecule has 4 heteroatoms. The molecule has 5 rings (SSSR count). The Hall–Kier alpha value is -2.85. The Labute approximate surface area is 185 Å². The molecule has 0 unspecified atom stereocenters. The molecule has 1 N–H and O–H groups in total. The third-order valence-corrected chi connectivity index (χ3v) is 6.09. The zero-order chi connectivity index (χ0) is 20.9. The third kappa shape index (κ3) is 3.25. The first-order valence-electron chi connectivity index (χ1n) is 10.2. The van der Waals surface area contributed by atoms with Crippen LogP contribution >= 0.6 is 15.9 Å². The summed E-state index contributed by atoms with van der Waals surface area (Å²) in [6, 6.07) is 25.5. The van der Waals surface area contributed by atoms with Crippen molar-refractivity contribution in [3.63, 3.8) is 0 Å². The summed E-state index contributed by atoms with van der Waals surface area (Å²) in [5, 5.41) is 4.92. The Balaban J connectivity index is 1.78. The second-order valence-electron chi connectivity index (χ2n) is 8.76. The van der Waals surface area contributed by atoms with E-state index in [9.17, 15) is 0 Å². The van der Waals surface area contributed by atoms with Crippen molar-refractivity contribution in [3.05, 3.63) is 88.4 Å². The van der Waals surface area contributed by atoms with E-state index in [0.29, 0.717) is 0 Å². The number of rotatable bonds is 2. The monoisotopic (exact) mass is 457 g/mol. The first-order chi connectivity index (χ1) is 14.4. The van der Waals surface area contributed by atoms with Gasteiger partial charge in [-0.05, 0) is 62.2 Å². The molecule has 0 saturated carbocycles. The van der Waals surface area contributed by atoms with Crippen LogP contribution in [0.4, 0.5) is 22.9 Å². The van der Waals surface area contributed by atoms with Crippen LogP contribution in [0, 0.1) is 0 Å². The number of aromatic nitrogens is 1. The summed E-state index contributed by atoms with van der Waals surface area (Å²) in [7, 11) is 0. The third-order valence-electron chi connectivity index (χ3n) is 5.56. The molecule has 0 atom stereocenters. The average molecular weight is 458 g/mol. The highest BCUT2D eigenvalue weighted by Gasteiger charge is 2.33. The molecule has 1 aliphatic rings. The van der Waals surface area contributed by atoms with Gasteiger partial charge in [0, 0.05) is 21.8 Å². The van der Waals surface area contributed by atoms with Gasteiger partial charge in [0.2, 0.25) is 0 Å². The Morgan fingerprint density at radius 2 is 1.60 bits per heavy atom. The minimum Gasteiger partial charge on any atom is -0.351 e. The fraction of sp³-hybridized carbons (Fsp3) is 0.192. The number of halogens is 1. The molecule has 0 fully saturated rings. The van der Waals surface area contributed by atoms with Gasteiger partial charge in [0.05, 0.1) is 22.6 Å². The molecular formula is C26H24BrN3. The van der Waals surface area contributed by atoms with E-state index in [1.165, 1.54) is 16.5 Å². The van der Waals surface area contributed by atoms with Crippen molar-refractivity contribution in [3.8, 4) is 0 Å². The lowest BCUT2D eigenvalue weighted by Gasteiger charge is -2.42. The van der Waals surface area contributed by atoms with Crippen LogP contribution in [0.5, 0.6) is 0 Å². The molecule has 1 aromatic heterocycles. The SMILES string of the molecule is CC(C)(C)N1c2ccccc2Nc2c1nc1ccccc1c2Cc1ccc(Br)cc1. The molecule has 0 bridgehead atoms. The van der Waals surface area contributed by atoms with Crippen LogP contribution in [0.3, 0.4) is 0 Å². The van der Waals surface area contributed by atoms with E-state index < -0.39 is 0 Å². The van der Waals surface area contributed by atoms with Gasteiger partial charge >= 0.3 is 0 Å². The van der Waals surface area contributed by atoms with Crippen LogP contribution in [0.1, 0.15) is 31.9 Å². The van der Waals surface area contributed by atoms with Crippen molar-refractivity contribution in [1.29, 1.82) is 0 Å². The number of benzene rings is 3. The van der Waals surface area contributed by atoms with Crippen LogP contribution in [0.25, 0.3) is 10.9 Å². The van der Waals surface area contributed by atoms with Crippen molar-refractivity contribution >= 4 is 49.7 Å². The van der Waals surface area contributed by atoms with E-state index in [1.807, 2.05) is 0 Å². The normalized spacial score (nSPS) is 13.0. The van der Waals surface area contributed by atoms with Gasteiger partial charge < -0.3 is 10.2 Å². The van der Waals surface area contributed by atoms with Crippen LogP contribution in [0.15, 0.2) is 77.3 Å². The highest BCUT2D eigenvalue weighted by atomic mass is 79.9. The van der Waals surface area contributed by atoms with Gasteiger partial charge in [-0.15, -0.1) is 0 Å². The quantitative estimate of drug-likeness (QED) is 0.336. The number of pyridine rings is 1.